The average Bonchev–Trinajstić information content (AvgIpc) is 4.04. The van der Waals surface area contributed by atoms with Crippen LogP contribution in [0.1, 0.15) is 136 Å². The summed E-state index contributed by atoms with van der Waals surface area (Å²) in [4.78, 5) is 0. The maximum absolute atomic E-state index is 15.0. The molecule has 4 fully saturated rings. The smallest absolute Gasteiger partial charge is 0.405 e. The number of hydrogen-bond donors (Lipinski definition) is 0. The number of fused-ring (bicyclic) bond motifs is 2. The fraction of sp³-hybridized carbons (Fsp3) is 0.407. The second-order valence-corrected chi connectivity index (χ2v) is 19.5. The van der Waals surface area contributed by atoms with Gasteiger partial charge in [-0.3, -0.25) is 0 Å². The Bertz CT molecular complexity index is 2550. The van der Waals surface area contributed by atoms with Crippen molar-refractivity contribution in [3.63, 3.8) is 0 Å². The average molecular weight is 896 g/mol. The summed E-state index contributed by atoms with van der Waals surface area (Å²) < 4.78 is 74.7. The van der Waals surface area contributed by atoms with Gasteiger partial charge in [-0.1, -0.05) is 73.2 Å². The summed E-state index contributed by atoms with van der Waals surface area (Å²) in [6.45, 7) is 23.0. The Morgan fingerprint density at radius 1 is 0.621 bits per heavy atom. The molecule has 8 nitrogen and oxygen atoms in total. The maximum Gasteiger partial charge on any atom is 0.494 e. The molecule has 0 N–H and O–H groups in total. The predicted molar refractivity (Wildman–Crippen MR) is 256 cm³/mol. The molecular formula is C54H59B2F2O8. The van der Waals surface area contributed by atoms with Gasteiger partial charge in [0.15, 0.2) is 12.6 Å². The SMILES string of the molecule is C#Cc1ccc2c(c1)CC(c1ccc(C3OCCCO3)cc1F)=C2.C=C(B1OC(C)(C)C(C)(C)O1)c1ccc2c(c1)CC(c1ccc(C3OCCCO3)cc1F)=C2.CC1(C)O[B]OC1(C)C. The molecule has 4 aliphatic heterocycles. The largest absolute Gasteiger partial charge is 0.494 e. The van der Waals surface area contributed by atoms with Gasteiger partial charge in [0.25, 0.3) is 0 Å². The van der Waals surface area contributed by atoms with Crippen LogP contribution in [0.5, 0.6) is 0 Å². The van der Waals surface area contributed by atoms with Gasteiger partial charge >= 0.3 is 14.8 Å². The van der Waals surface area contributed by atoms with E-state index in [0.717, 1.165) is 68.4 Å². The van der Waals surface area contributed by atoms with E-state index in [2.05, 4.69) is 30.7 Å². The molecule has 0 amide bonds. The topological polar surface area (TPSA) is 73.8 Å². The summed E-state index contributed by atoms with van der Waals surface area (Å²) in [5, 5.41) is 0. The zero-order chi connectivity index (χ0) is 47.0. The van der Waals surface area contributed by atoms with Crippen molar-refractivity contribution in [1.29, 1.82) is 0 Å². The lowest BCUT2D eigenvalue weighted by Gasteiger charge is -2.32. The minimum absolute atomic E-state index is 0.187. The standard InChI is InChI=1S/C27H30BFO4.C21H17FO2.C6H12BO2/c1-17(28-32-26(2,3)27(4,5)33-28)18-7-8-19-14-22(15-21(19)13-18)23-10-9-20(16-24(23)29)25-30-11-6-12-31-25;1-2-14-4-5-15-11-18(12-17(15)10-14)19-7-6-16(13-20(19)22)21-23-8-3-9-24-21;1-5(2)6(3,4)9-7-8-5/h7-10,13-14,16,25H,1,6,11-12,15H2,2-5H3;1,4-7,10-11,13,21H,3,8-9,12H2;1-4H3. The molecule has 0 bridgehead atoms. The molecule has 343 valence electrons. The van der Waals surface area contributed by atoms with E-state index in [4.69, 9.17) is 44.0 Å². The third kappa shape index (κ3) is 10.1. The van der Waals surface area contributed by atoms with Crippen molar-refractivity contribution in [1.82, 2.24) is 0 Å². The second-order valence-electron chi connectivity index (χ2n) is 19.5. The first kappa shape index (κ1) is 47.8. The van der Waals surface area contributed by atoms with Crippen LogP contribution < -0.4 is 0 Å². The molecule has 66 heavy (non-hydrogen) atoms. The molecule has 4 aromatic carbocycles. The van der Waals surface area contributed by atoms with Gasteiger partial charge < -0.3 is 37.6 Å². The van der Waals surface area contributed by atoms with Crippen molar-refractivity contribution >= 4 is 43.6 Å². The molecule has 4 heterocycles. The highest BCUT2D eigenvalue weighted by atomic mass is 19.1. The Morgan fingerprint density at radius 3 is 1.50 bits per heavy atom. The number of halogens is 2. The summed E-state index contributed by atoms with van der Waals surface area (Å²) in [5.41, 5.74) is 10.5. The lowest BCUT2D eigenvalue weighted by atomic mass is 9.75. The van der Waals surface area contributed by atoms with Crippen LogP contribution in [0.3, 0.4) is 0 Å². The lowest BCUT2D eigenvalue weighted by molar-refractivity contribution is -0.183. The van der Waals surface area contributed by atoms with Crippen molar-refractivity contribution in [2.45, 2.75) is 116 Å². The van der Waals surface area contributed by atoms with Crippen LogP contribution in [0.2, 0.25) is 0 Å². The number of rotatable bonds is 6. The molecule has 0 unspecified atom stereocenters. The van der Waals surface area contributed by atoms with Crippen LogP contribution in [0, 0.1) is 24.0 Å². The van der Waals surface area contributed by atoms with Crippen molar-refractivity contribution in [3.8, 4) is 12.3 Å². The van der Waals surface area contributed by atoms with Gasteiger partial charge in [0.1, 0.15) is 11.6 Å². The van der Waals surface area contributed by atoms with E-state index in [-0.39, 0.29) is 22.8 Å². The van der Waals surface area contributed by atoms with E-state index in [0.29, 0.717) is 56.0 Å². The highest BCUT2D eigenvalue weighted by molar-refractivity contribution is 6.68. The first-order valence-corrected chi connectivity index (χ1v) is 22.8. The third-order valence-corrected chi connectivity index (χ3v) is 13.8. The van der Waals surface area contributed by atoms with E-state index >= 15 is 4.39 Å². The van der Waals surface area contributed by atoms with E-state index < -0.39 is 30.9 Å². The Balaban J connectivity index is 0.000000156. The van der Waals surface area contributed by atoms with Gasteiger partial charge in [-0.15, -0.1) is 6.42 Å². The monoisotopic (exact) mass is 895 g/mol. The summed E-state index contributed by atoms with van der Waals surface area (Å²) in [7, 11) is 0.927. The Morgan fingerprint density at radius 2 is 1.08 bits per heavy atom. The number of terminal acetylenes is 1. The van der Waals surface area contributed by atoms with Crippen molar-refractivity contribution < 1.29 is 46.3 Å². The maximum atomic E-state index is 15.0. The highest BCUT2D eigenvalue weighted by Crippen LogP contribution is 2.42. The minimum atomic E-state index is -0.490. The van der Waals surface area contributed by atoms with Gasteiger partial charge in [-0.05, 0) is 150 Å². The molecule has 4 saturated heterocycles. The van der Waals surface area contributed by atoms with E-state index in [1.54, 1.807) is 0 Å². The molecule has 6 aliphatic rings. The molecule has 4 aromatic rings. The van der Waals surface area contributed by atoms with Crippen LogP contribution in [0.25, 0.3) is 28.8 Å². The van der Waals surface area contributed by atoms with Gasteiger partial charge in [-0.25, -0.2) is 8.78 Å². The van der Waals surface area contributed by atoms with Gasteiger partial charge in [-0.2, -0.15) is 0 Å². The fourth-order valence-corrected chi connectivity index (χ4v) is 8.23. The normalized spacial score (nSPS) is 21.2. The van der Waals surface area contributed by atoms with Crippen molar-refractivity contribution in [2.75, 3.05) is 26.4 Å². The Kier molecular flexibility index (Phi) is 13.9. The first-order chi connectivity index (χ1) is 31.3. The third-order valence-electron chi connectivity index (χ3n) is 13.8. The number of benzene rings is 4. The molecule has 2 aliphatic carbocycles. The van der Waals surface area contributed by atoms with Gasteiger partial charge in [0, 0.05) is 27.8 Å². The first-order valence-electron chi connectivity index (χ1n) is 22.8. The van der Waals surface area contributed by atoms with Crippen LogP contribution >= 0.6 is 0 Å². The second kappa shape index (κ2) is 19.1. The number of hydrogen-bond acceptors (Lipinski definition) is 8. The van der Waals surface area contributed by atoms with Crippen molar-refractivity contribution in [3.05, 3.63) is 147 Å². The Hall–Kier alpha value is -4.67. The molecule has 0 aromatic heterocycles. The molecule has 12 heteroatoms. The Labute approximate surface area is 390 Å². The van der Waals surface area contributed by atoms with Gasteiger partial charge in [0.2, 0.25) is 0 Å². The molecule has 0 atom stereocenters. The van der Waals surface area contributed by atoms with Crippen LogP contribution in [0.4, 0.5) is 8.78 Å². The quantitative estimate of drug-likeness (QED) is 0.140. The van der Waals surface area contributed by atoms with E-state index in [1.165, 1.54) is 19.8 Å². The fourth-order valence-electron chi connectivity index (χ4n) is 8.23. The lowest BCUT2D eigenvalue weighted by Crippen LogP contribution is -2.41. The molecule has 10 rings (SSSR count). The van der Waals surface area contributed by atoms with Crippen LogP contribution in [-0.2, 0) is 50.4 Å². The molecule has 0 spiro atoms. The van der Waals surface area contributed by atoms with Gasteiger partial charge in [0.05, 0.1) is 48.8 Å². The molecule has 1 radical (unpaired) electrons. The summed E-state index contributed by atoms with van der Waals surface area (Å²) in [5.74, 6) is 2.13. The molecule has 0 saturated carbocycles. The number of ether oxygens (including phenoxy) is 4. The summed E-state index contributed by atoms with van der Waals surface area (Å²) in [6, 6.07) is 22.6. The zero-order valence-corrected chi connectivity index (χ0v) is 39.4. The van der Waals surface area contributed by atoms with Crippen LogP contribution in [-0.4, -0.2) is 63.6 Å². The number of allylic oxidation sites excluding steroid dienone is 2. The summed E-state index contributed by atoms with van der Waals surface area (Å²) in [6.07, 6.45) is 11.7. The molecular weight excluding hydrogens is 836 g/mol. The minimum Gasteiger partial charge on any atom is -0.405 e. The van der Waals surface area contributed by atoms with E-state index in [9.17, 15) is 4.39 Å². The zero-order valence-electron chi connectivity index (χ0n) is 39.4. The highest BCUT2D eigenvalue weighted by Gasteiger charge is 2.52. The summed E-state index contributed by atoms with van der Waals surface area (Å²) >= 11 is 0. The van der Waals surface area contributed by atoms with Crippen molar-refractivity contribution in [2.24, 2.45) is 0 Å². The van der Waals surface area contributed by atoms with Crippen LogP contribution in [0.15, 0.2) is 79.4 Å². The van der Waals surface area contributed by atoms with E-state index in [1.807, 2.05) is 110 Å². The predicted octanol–water partition coefficient (Wildman–Crippen LogP) is 11.5.